The maximum atomic E-state index is 12.8. The zero-order valence-electron chi connectivity index (χ0n) is 15.0. The van der Waals surface area contributed by atoms with E-state index in [9.17, 15) is 9.59 Å². The van der Waals surface area contributed by atoms with E-state index in [0.717, 1.165) is 11.1 Å². The number of rotatable bonds is 4. The van der Waals surface area contributed by atoms with Crippen LogP contribution in [0.5, 0.6) is 5.75 Å². The average molecular weight is 362 g/mol. The molecule has 4 aromatic rings. The standard InChI is InChI=1S/C21H18N2O4/c1-3-26-14-10-8-13(9-11-14)22-20(24)17-12-16-19(23(17)2)15-6-4-5-7-18(15)27-21(16)25/h4-12H,3H2,1-2H3,(H,22,24). The molecule has 0 saturated carbocycles. The van der Waals surface area contributed by atoms with Crippen LogP contribution in [-0.4, -0.2) is 17.1 Å². The zero-order valence-corrected chi connectivity index (χ0v) is 15.0. The quantitative estimate of drug-likeness (QED) is 0.558. The van der Waals surface area contributed by atoms with Crippen molar-refractivity contribution in [1.29, 1.82) is 0 Å². The number of ether oxygens (including phenoxy) is 1. The fourth-order valence-corrected chi connectivity index (χ4v) is 3.20. The first kappa shape index (κ1) is 16.9. The van der Waals surface area contributed by atoms with Gasteiger partial charge >= 0.3 is 5.63 Å². The Morgan fingerprint density at radius 2 is 1.85 bits per heavy atom. The maximum Gasteiger partial charge on any atom is 0.345 e. The fourth-order valence-electron chi connectivity index (χ4n) is 3.20. The Bertz CT molecular complexity index is 1200. The largest absolute Gasteiger partial charge is 0.494 e. The summed E-state index contributed by atoms with van der Waals surface area (Å²) >= 11 is 0. The van der Waals surface area contributed by atoms with Crippen LogP contribution in [0.15, 0.2) is 63.8 Å². The van der Waals surface area contributed by atoms with Crippen LogP contribution in [0.2, 0.25) is 0 Å². The molecule has 2 aromatic carbocycles. The van der Waals surface area contributed by atoms with Crippen LogP contribution in [0.4, 0.5) is 5.69 Å². The van der Waals surface area contributed by atoms with Crippen molar-refractivity contribution < 1.29 is 13.9 Å². The van der Waals surface area contributed by atoms with Gasteiger partial charge in [-0.3, -0.25) is 4.79 Å². The van der Waals surface area contributed by atoms with Gasteiger partial charge in [-0.2, -0.15) is 0 Å². The Morgan fingerprint density at radius 1 is 1.11 bits per heavy atom. The minimum absolute atomic E-state index is 0.304. The van der Waals surface area contributed by atoms with Crippen LogP contribution >= 0.6 is 0 Å². The van der Waals surface area contributed by atoms with Crippen LogP contribution in [0.25, 0.3) is 21.9 Å². The highest BCUT2D eigenvalue weighted by Gasteiger charge is 2.18. The summed E-state index contributed by atoms with van der Waals surface area (Å²) in [7, 11) is 1.77. The molecule has 0 aliphatic heterocycles. The molecule has 4 rings (SSSR count). The lowest BCUT2D eigenvalue weighted by atomic mass is 10.2. The first-order valence-electron chi connectivity index (χ1n) is 8.64. The lowest BCUT2D eigenvalue weighted by Gasteiger charge is -2.08. The third kappa shape index (κ3) is 2.95. The highest BCUT2D eigenvalue weighted by Crippen LogP contribution is 2.25. The van der Waals surface area contributed by atoms with E-state index in [4.69, 9.17) is 9.15 Å². The second kappa shape index (κ2) is 6.64. The fraction of sp³-hybridized carbons (Fsp3) is 0.143. The van der Waals surface area contributed by atoms with Gasteiger partial charge in [-0.15, -0.1) is 0 Å². The summed E-state index contributed by atoms with van der Waals surface area (Å²) in [5.41, 5.74) is 1.74. The van der Waals surface area contributed by atoms with Crippen molar-refractivity contribution in [3.05, 3.63) is 70.7 Å². The lowest BCUT2D eigenvalue weighted by molar-refractivity contribution is 0.101. The number of amides is 1. The predicted octanol–water partition coefficient (Wildman–Crippen LogP) is 3.94. The van der Waals surface area contributed by atoms with Crippen LogP contribution in [0, 0.1) is 0 Å². The van der Waals surface area contributed by atoms with Gasteiger partial charge in [-0.05, 0) is 49.4 Å². The van der Waals surface area contributed by atoms with Crippen molar-refractivity contribution in [2.75, 3.05) is 11.9 Å². The summed E-state index contributed by atoms with van der Waals surface area (Å²) in [6.07, 6.45) is 0. The van der Waals surface area contributed by atoms with Crippen molar-refractivity contribution in [2.24, 2.45) is 7.05 Å². The molecule has 27 heavy (non-hydrogen) atoms. The summed E-state index contributed by atoms with van der Waals surface area (Å²) in [6.45, 7) is 2.49. The molecule has 1 amide bonds. The topological polar surface area (TPSA) is 73.5 Å². The van der Waals surface area contributed by atoms with Gasteiger partial charge in [-0.1, -0.05) is 12.1 Å². The highest BCUT2D eigenvalue weighted by molar-refractivity contribution is 6.10. The minimum Gasteiger partial charge on any atom is -0.494 e. The van der Waals surface area contributed by atoms with E-state index < -0.39 is 5.63 Å². The Morgan fingerprint density at radius 3 is 2.59 bits per heavy atom. The van der Waals surface area contributed by atoms with Gasteiger partial charge in [0.05, 0.1) is 17.5 Å². The van der Waals surface area contributed by atoms with Crippen molar-refractivity contribution in [3.63, 3.8) is 0 Å². The number of aromatic nitrogens is 1. The lowest BCUT2D eigenvalue weighted by Crippen LogP contribution is -2.15. The van der Waals surface area contributed by atoms with Crippen molar-refractivity contribution in [3.8, 4) is 5.75 Å². The normalized spacial score (nSPS) is 11.0. The second-order valence-corrected chi connectivity index (χ2v) is 6.15. The van der Waals surface area contributed by atoms with Gasteiger partial charge in [0, 0.05) is 18.1 Å². The summed E-state index contributed by atoms with van der Waals surface area (Å²) in [5, 5.41) is 4.02. The number of hydrogen-bond acceptors (Lipinski definition) is 4. The first-order valence-corrected chi connectivity index (χ1v) is 8.64. The third-order valence-corrected chi connectivity index (χ3v) is 4.45. The number of carbonyl (C=O) groups excluding carboxylic acids is 1. The Balaban J connectivity index is 1.74. The Hall–Kier alpha value is -3.54. The molecule has 0 bridgehead atoms. The summed E-state index contributed by atoms with van der Waals surface area (Å²) in [5.74, 6) is 0.436. The molecule has 136 valence electrons. The molecule has 1 N–H and O–H groups in total. The monoisotopic (exact) mass is 362 g/mol. The molecule has 0 fully saturated rings. The number of fused-ring (bicyclic) bond motifs is 3. The number of benzene rings is 2. The second-order valence-electron chi connectivity index (χ2n) is 6.15. The number of aryl methyl sites for hydroxylation is 1. The van der Waals surface area contributed by atoms with E-state index in [1.165, 1.54) is 0 Å². The molecular weight excluding hydrogens is 344 g/mol. The van der Waals surface area contributed by atoms with Gasteiger partial charge in [0.25, 0.3) is 5.91 Å². The molecule has 6 heteroatoms. The molecular formula is C21H18N2O4. The predicted molar refractivity (Wildman–Crippen MR) is 105 cm³/mol. The molecule has 0 aliphatic rings. The molecule has 2 aromatic heterocycles. The van der Waals surface area contributed by atoms with E-state index in [-0.39, 0.29) is 5.91 Å². The molecule has 6 nitrogen and oxygen atoms in total. The molecule has 0 radical (unpaired) electrons. The van der Waals surface area contributed by atoms with E-state index in [1.807, 2.05) is 19.1 Å². The molecule has 0 spiro atoms. The zero-order chi connectivity index (χ0) is 19.0. The molecule has 0 aliphatic carbocycles. The van der Waals surface area contributed by atoms with Crippen LogP contribution in [-0.2, 0) is 7.05 Å². The number of para-hydroxylation sites is 1. The molecule has 0 saturated heterocycles. The van der Waals surface area contributed by atoms with Crippen molar-refractivity contribution in [2.45, 2.75) is 6.92 Å². The summed E-state index contributed by atoms with van der Waals surface area (Å²) in [6, 6.07) is 16.0. The Kier molecular flexibility index (Phi) is 4.16. The van der Waals surface area contributed by atoms with Crippen LogP contribution < -0.4 is 15.7 Å². The van der Waals surface area contributed by atoms with E-state index in [2.05, 4.69) is 5.32 Å². The molecule has 0 atom stereocenters. The third-order valence-electron chi connectivity index (χ3n) is 4.45. The van der Waals surface area contributed by atoms with Crippen LogP contribution in [0.3, 0.4) is 0 Å². The number of hydrogen-bond donors (Lipinski definition) is 1. The smallest absolute Gasteiger partial charge is 0.345 e. The maximum absolute atomic E-state index is 12.8. The van der Waals surface area contributed by atoms with E-state index in [1.54, 1.807) is 54.1 Å². The van der Waals surface area contributed by atoms with Crippen molar-refractivity contribution >= 4 is 33.5 Å². The van der Waals surface area contributed by atoms with Gasteiger partial charge in [0.15, 0.2) is 0 Å². The van der Waals surface area contributed by atoms with Gasteiger partial charge in [-0.25, -0.2) is 4.79 Å². The van der Waals surface area contributed by atoms with Gasteiger partial charge < -0.3 is 19.0 Å². The number of nitrogens with zero attached hydrogens (tertiary/aromatic N) is 1. The molecule has 2 heterocycles. The minimum atomic E-state index is -0.459. The highest BCUT2D eigenvalue weighted by atomic mass is 16.5. The van der Waals surface area contributed by atoms with E-state index >= 15 is 0 Å². The average Bonchev–Trinajstić information content (AvgIpc) is 3.02. The van der Waals surface area contributed by atoms with Crippen LogP contribution in [0.1, 0.15) is 17.4 Å². The van der Waals surface area contributed by atoms with Gasteiger partial charge in [0.2, 0.25) is 0 Å². The SMILES string of the molecule is CCOc1ccc(NC(=O)c2cc3c(=O)oc4ccccc4c3n2C)cc1. The van der Waals surface area contributed by atoms with Crippen molar-refractivity contribution in [1.82, 2.24) is 4.57 Å². The first-order chi connectivity index (χ1) is 13.1. The summed E-state index contributed by atoms with van der Waals surface area (Å²) in [4.78, 5) is 25.1. The number of anilines is 1. The van der Waals surface area contributed by atoms with E-state index in [0.29, 0.717) is 34.5 Å². The Labute approximate surface area is 155 Å². The van der Waals surface area contributed by atoms with Gasteiger partial charge in [0.1, 0.15) is 17.0 Å². The molecule has 0 unspecified atom stereocenters. The summed E-state index contributed by atoms with van der Waals surface area (Å²) < 4.78 is 12.5. The number of nitrogens with one attached hydrogen (secondary N) is 1. The number of carbonyl (C=O) groups is 1.